The lowest BCUT2D eigenvalue weighted by molar-refractivity contribution is -0.137. The van der Waals surface area contributed by atoms with Gasteiger partial charge in [0, 0.05) is 23.1 Å². The van der Waals surface area contributed by atoms with Crippen LogP contribution in [-0.2, 0) is 11.2 Å². The second-order valence-electron chi connectivity index (χ2n) is 4.11. The molecular formula is C12H13ClN2O2S. The Labute approximate surface area is 114 Å². The van der Waals surface area contributed by atoms with Gasteiger partial charge in [0.1, 0.15) is 15.8 Å². The first-order valence-electron chi connectivity index (χ1n) is 5.70. The Morgan fingerprint density at radius 2 is 2.22 bits per heavy atom. The van der Waals surface area contributed by atoms with Gasteiger partial charge in [-0.2, -0.15) is 0 Å². The summed E-state index contributed by atoms with van der Waals surface area (Å²) in [6, 6.07) is 1.98. The van der Waals surface area contributed by atoms with Crippen LogP contribution in [0.25, 0.3) is 10.2 Å². The van der Waals surface area contributed by atoms with E-state index in [9.17, 15) is 4.79 Å². The molecule has 0 unspecified atom stereocenters. The standard InChI is InChI=1S/C12H13ClN2O2S/c1-7-6-8-11(13)14-9(15-12(8)18-7)4-2-3-5-10(16)17/h6H,2-5H2,1H3,(H,16,17). The number of halogens is 1. The minimum Gasteiger partial charge on any atom is -0.481 e. The van der Waals surface area contributed by atoms with Crippen LogP contribution in [0.3, 0.4) is 0 Å². The number of hydrogen-bond acceptors (Lipinski definition) is 4. The number of aliphatic carboxylic acids is 1. The Morgan fingerprint density at radius 1 is 1.44 bits per heavy atom. The smallest absolute Gasteiger partial charge is 0.303 e. The Kier molecular flexibility index (Phi) is 4.14. The molecule has 2 rings (SSSR count). The van der Waals surface area contributed by atoms with Crippen LogP contribution in [0.4, 0.5) is 0 Å². The molecule has 2 aromatic heterocycles. The maximum Gasteiger partial charge on any atom is 0.303 e. The van der Waals surface area contributed by atoms with Gasteiger partial charge in [-0.05, 0) is 25.8 Å². The molecule has 0 saturated heterocycles. The average Bonchev–Trinajstić information content (AvgIpc) is 2.65. The van der Waals surface area contributed by atoms with E-state index in [2.05, 4.69) is 9.97 Å². The number of hydrogen-bond donors (Lipinski definition) is 1. The molecule has 0 amide bonds. The number of carboxylic acid groups (broad SMARTS) is 1. The molecule has 6 heteroatoms. The number of unbranched alkanes of at least 4 members (excludes halogenated alkanes) is 1. The van der Waals surface area contributed by atoms with E-state index in [0.717, 1.165) is 21.5 Å². The van der Waals surface area contributed by atoms with Crippen LogP contribution in [0.15, 0.2) is 6.07 Å². The SMILES string of the molecule is Cc1cc2c(Cl)nc(CCCCC(=O)O)nc2s1. The highest BCUT2D eigenvalue weighted by molar-refractivity contribution is 7.18. The van der Waals surface area contributed by atoms with E-state index < -0.39 is 5.97 Å². The summed E-state index contributed by atoms with van der Waals surface area (Å²) in [6.45, 7) is 2.01. The summed E-state index contributed by atoms with van der Waals surface area (Å²) in [5.74, 6) is -0.0713. The third-order valence-electron chi connectivity index (χ3n) is 2.56. The van der Waals surface area contributed by atoms with Crippen molar-refractivity contribution >= 4 is 39.1 Å². The molecule has 0 atom stereocenters. The zero-order chi connectivity index (χ0) is 13.1. The van der Waals surface area contributed by atoms with E-state index >= 15 is 0 Å². The number of carboxylic acids is 1. The molecule has 4 nitrogen and oxygen atoms in total. The lowest BCUT2D eigenvalue weighted by atomic mass is 10.2. The lowest BCUT2D eigenvalue weighted by Crippen LogP contribution is -1.98. The Morgan fingerprint density at radius 3 is 2.94 bits per heavy atom. The van der Waals surface area contributed by atoms with Crippen molar-refractivity contribution in [1.82, 2.24) is 9.97 Å². The first-order chi connectivity index (χ1) is 8.56. The predicted molar refractivity (Wildman–Crippen MR) is 72.4 cm³/mol. The molecule has 0 aromatic carbocycles. The van der Waals surface area contributed by atoms with Crippen LogP contribution in [0.2, 0.25) is 5.15 Å². The summed E-state index contributed by atoms with van der Waals surface area (Å²) >= 11 is 7.70. The minimum atomic E-state index is -0.765. The number of fused-ring (bicyclic) bond motifs is 1. The number of nitrogens with zero attached hydrogens (tertiary/aromatic N) is 2. The van der Waals surface area contributed by atoms with Gasteiger partial charge in [-0.25, -0.2) is 9.97 Å². The number of thiophene rings is 1. The monoisotopic (exact) mass is 284 g/mol. The van der Waals surface area contributed by atoms with Gasteiger partial charge in [-0.1, -0.05) is 11.6 Å². The second kappa shape index (κ2) is 5.63. The Balaban J connectivity index is 2.07. The van der Waals surface area contributed by atoms with Crippen LogP contribution < -0.4 is 0 Å². The molecule has 96 valence electrons. The maximum atomic E-state index is 10.4. The maximum absolute atomic E-state index is 10.4. The number of carbonyl (C=O) groups is 1. The van der Waals surface area contributed by atoms with Gasteiger partial charge in [0.25, 0.3) is 0 Å². The molecule has 2 heterocycles. The molecule has 1 N–H and O–H groups in total. The number of aryl methyl sites for hydroxylation is 2. The largest absolute Gasteiger partial charge is 0.481 e. The zero-order valence-corrected chi connectivity index (χ0v) is 11.5. The van der Waals surface area contributed by atoms with Crippen molar-refractivity contribution in [1.29, 1.82) is 0 Å². The van der Waals surface area contributed by atoms with Crippen molar-refractivity contribution < 1.29 is 9.90 Å². The molecule has 0 saturated carbocycles. The number of aromatic nitrogens is 2. The van der Waals surface area contributed by atoms with Gasteiger partial charge < -0.3 is 5.11 Å². The quantitative estimate of drug-likeness (QED) is 0.675. The molecule has 2 aromatic rings. The first-order valence-corrected chi connectivity index (χ1v) is 6.90. The fraction of sp³-hybridized carbons (Fsp3) is 0.417. The van der Waals surface area contributed by atoms with Crippen molar-refractivity contribution in [3.05, 3.63) is 21.9 Å². The average molecular weight is 285 g/mol. The third-order valence-corrected chi connectivity index (χ3v) is 3.79. The van der Waals surface area contributed by atoms with Crippen molar-refractivity contribution in [2.24, 2.45) is 0 Å². The highest BCUT2D eigenvalue weighted by Gasteiger charge is 2.09. The fourth-order valence-corrected chi connectivity index (χ4v) is 2.92. The highest BCUT2D eigenvalue weighted by atomic mass is 35.5. The summed E-state index contributed by atoms with van der Waals surface area (Å²) < 4.78 is 0. The van der Waals surface area contributed by atoms with Crippen LogP contribution >= 0.6 is 22.9 Å². The Bertz CT molecular complexity index is 583. The molecule has 0 spiro atoms. The van der Waals surface area contributed by atoms with Gasteiger partial charge in [0.05, 0.1) is 0 Å². The summed E-state index contributed by atoms with van der Waals surface area (Å²) in [4.78, 5) is 21.1. The van der Waals surface area contributed by atoms with Gasteiger partial charge in [0.2, 0.25) is 0 Å². The summed E-state index contributed by atoms with van der Waals surface area (Å²) in [6.07, 6.45) is 2.25. The Hall–Kier alpha value is -1.20. The van der Waals surface area contributed by atoms with E-state index in [1.807, 2.05) is 13.0 Å². The molecule has 0 aliphatic heterocycles. The minimum absolute atomic E-state index is 0.189. The molecule has 0 aliphatic carbocycles. The first kappa shape index (κ1) is 13.2. The molecule has 0 bridgehead atoms. The molecule has 0 radical (unpaired) electrons. The van der Waals surface area contributed by atoms with E-state index in [1.54, 1.807) is 11.3 Å². The van der Waals surface area contributed by atoms with Crippen LogP contribution in [-0.4, -0.2) is 21.0 Å². The molecule has 0 aliphatic rings. The van der Waals surface area contributed by atoms with E-state index in [1.165, 1.54) is 0 Å². The van der Waals surface area contributed by atoms with E-state index in [0.29, 0.717) is 23.8 Å². The molecular weight excluding hydrogens is 272 g/mol. The zero-order valence-electron chi connectivity index (χ0n) is 9.94. The van der Waals surface area contributed by atoms with Crippen LogP contribution in [0.5, 0.6) is 0 Å². The van der Waals surface area contributed by atoms with Gasteiger partial charge in [-0.3, -0.25) is 4.79 Å². The second-order valence-corrected chi connectivity index (χ2v) is 5.70. The highest BCUT2D eigenvalue weighted by Crippen LogP contribution is 2.28. The summed E-state index contributed by atoms with van der Waals surface area (Å²) in [5.41, 5.74) is 0. The lowest BCUT2D eigenvalue weighted by Gasteiger charge is -2.00. The van der Waals surface area contributed by atoms with Gasteiger partial charge >= 0.3 is 5.97 Å². The van der Waals surface area contributed by atoms with Gasteiger partial charge in [-0.15, -0.1) is 11.3 Å². The number of rotatable bonds is 5. The van der Waals surface area contributed by atoms with Crippen molar-refractivity contribution in [3.63, 3.8) is 0 Å². The van der Waals surface area contributed by atoms with Crippen LogP contribution in [0, 0.1) is 6.92 Å². The van der Waals surface area contributed by atoms with E-state index in [-0.39, 0.29) is 6.42 Å². The summed E-state index contributed by atoms with van der Waals surface area (Å²) in [7, 11) is 0. The molecule has 0 fully saturated rings. The fourth-order valence-electron chi connectivity index (χ4n) is 1.72. The van der Waals surface area contributed by atoms with Crippen LogP contribution in [0.1, 0.15) is 30.0 Å². The third kappa shape index (κ3) is 3.17. The topological polar surface area (TPSA) is 63.1 Å². The molecule has 18 heavy (non-hydrogen) atoms. The van der Waals surface area contributed by atoms with Crippen molar-refractivity contribution in [3.8, 4) is 0 Å². The normalized spacial score (nSPS) is 11.0. The van der Waals surface area contributed by atoms with E-state index in [4.69, 9.17) is 16.7 Å². The summed E-state index contributed by atoms with van der Waals surface area (Å²) in [5, 5.41) is 9.93. The van der Waals surface area contributed by atoms with Gasteiger partial charge in [0.15, 0.2) is 0 Å². The van der Waals surface area contributed by atoms with Crippen molar-refractivity contribution in [2.45, 2.75) is 32.6 Å². The predicted octanol–water partition coefficient (Wildman–Crippen LogP) is 3.45. The van der Waals surface area contributed by atoms with Crippen molar-refractivity contribution in [2.75, 3.05) is 0 Å².